The second kappa shape index (κ2) is 6.76. The Bertz CT molecular complexity index is 984. The Balaban J connectivity index is 1.59. The first kappa shape index (κ1) is 17.7. The second-order valence-corrected chi connectivity index (χ2v) is 7.03. The number of amides is 1. The molecule has 1 atom stereocenters. The summed E-state index contributed by atoms with van der Waals surface area (Å²) in [5.74, 6) is 1.78. The number of fused-ring (bicyclic) bond motifs is 1. The average molecular weight is 390 g/mol. The smallest absolute Gasteiger partial charge is 0.263 e. The molecule has 1 aliphatic heterocycles. The predicted octanol–water partition coefficient (Wildman–Crippen LogP) is 3.26. The summed E-state index contributed by atoms with van der Waals surface area (Å²) in [4.78, 5) is 18.9. The Morgan fingerprint density at radius 2 is 1.96 bits per heavy atom. The van der Waals surface area contributed by atoms with Crippen molar-refractivity contribution in [3.63, 3.8) is 0 Å². The minimum Gasteiger partial charge on any atom is -0.327 e. The van der Waals surface area contributed by atoms with E-state index in [2.05, 4.69) is 19.6 Å². The van der Waals surface area contributed by atoms with E-state index in [1.54, 1.807) is 4.90 Å². The summed E-state index contributed by atoms with van der Waals surface area (Å²) in [7, 11) is 0. The van der Waals surface area contributed by atoms with Gasteiger partial charge >= 0.3 is 0 Å². The van der Waals surface area contributed by atoms with E-state index in [0.717, 1.165) is 0 Å². The first-order chi connectivity index (χ1) is 13.0. The van der Waals surface area contributed by atoms with Crippen LogP contribution in [-0.4, -0.2) is 41.5 Å². The Hall–Kier alpha value is -2.75. The van der Waals surface area contributed by atoms with Crippen molar-refractivity contribution in [2.45, 2.75) is 32.9 Å². The highest BCUT2D eigenvalue weighted by molar-refractivity contribution is 7.09. The molecule has 7 nitrogen and oxygen atoms in total. The maximum atomic E-state index is 12.8. The van der Waals surface area contributed by atoms with E-state index < -0.39 is 6.43 Å². The Morgan fingerprint density at radius 1 is 1.22 bits per heavy atom. The number of carbonyl (C=O) groups excluding carboxylic acids is 1. The van der Waals surface area contributed by atoms with E-state index in [1.165, 1.54) is 35.8 Å². The van der Waals surface area contributed by atoms with Gasteiger partial charge in [-0.05, 0) is 37.5 Å². The largest absolute Gasteiger partial charge is 0.327 e. The van der Waals surface area contributed by atoms with Crippen LogP contribution in [0, 0.1) is 6.92 Å². The summed E-state index contributed by atoms with van der Waals surface area (Å²) in [6.07, 6.45) is -2.55. The molecular formula is C17H16F2N6OS. The van der Waals surface area contributed by atoms with Crippen LogP contribution < -0.4 is 0 Å². The molecule has 3 heterocycles. The number of alkyl halides is 2. The van der Waals surface area contributed by atoms with Crippen LogP contribution >= 0.6 is 11.5 Å². The molecule has 140 valence electrons. The van der Waals surface area contributed by atoms with Crippen LogP contribution in [0.5, 0.6) is 0 Å². The van der Waals surface area contributed by atoms with Crippen molar-refractivity contribution in [1.82, 2.24) is 29.0 Å². The first-order valence-corrected chi connectivity index (χ1v) is 9.16. The second-order valence-electron chi connectivity index (χ2n) is 6.28. The molecule has 3 aromatic rings. The normalized spacial score (nSPS) is 16.6. The van der Waals surface area contributed by atoms with Crippen LogP contribution in [0.4, 0.5) is 8.78 Å². The van der Waals surface area contributed by atoms with Crippen molar-refractivity contribution in [1.29, 1.82) is 0 Å². The minimum absolute atomic E-state index is 0.102. The summed E-state index contributed by atoms with van der Waals surface area (Å²) in [5.41, 5.74) is 0.272. The van der Waals surface area contributed by atoms with E-state index in [4.69, 9.17) is 0 Å². The fourth-order valence-electron chi connectivity index (χ4n) is 3.15. The van der Waals surface area contributed by atoms with E-state index in [-0.39, 0.29) is 17.5 Å². The molecule has 0 bridgehead atoms. The molecule has 1 amide bonds. The number of aryl methyl sites for hydroxylation is 1. The van der Waals surface area contributed by atoms with E-state index >= 15 is 0 Å². The number of benzene rings is 1. The predicted molar refractivity (Wildman–Crippen MR) is 94.5 cm³/mol. The van der Waals surface area contributed by atoms with Gasteiger partial charge in [0.2, 0.25) is 0 Å². The van der Waals surface area contributed by atoms with Gasteiger partial charge in [0.05, 0.1) is 6.04 Å². The standard InChI is InChI=1S/C17H16F2N6OS/c1-9-14-21-22-15(16-20-10(2)23-27-16)25(14)8-7-24(9)17(26)12-5-3-11(4-6-12)13(18)19/h3-6,9,13H,7-8H2,1-2H3/t9-/m1/s1. The molecule has 1 aromatic carbocycles. The van der Waals surface area contributed by atoms with Gasteiger partial charge in [-0.1, -0.05) is 12.1 Å². The molecule has 0 fully saturated rings. The number of nitrogens with zero attached hydrogens (tertiary/aromatic N) is 6. The van der Waals surface area contributed by atoms with Gasteiger partial charge in [0.15, 0.2) is 16.7 Å². The zero-order valence-electron chi connectivity index (χ0n) is 14.6. The van der Waals surface area contributed by atoms with Crippen molar-refractivity contribution in [2.24, 2.45) is 0 Å². The lowest BCUT2D eigenvalue weighted by molar-refractivity contribution is 0.0638. The molecule has 27 heavy (non-hydrogen) atoms. The fraction of sp³-hybridized carbons (Fsp3) is 0.353. The third-order valence-electron chi connectivity index (χ3n) is 4.57. The van der Waals surface area contributed by atoms with Gasteiger partial charge in [-0.2, -0.15) is 4.37 Å². The van der Waals surface area contributed by atoms with Crippen LogP contribution in [0.2, 0.25) is 0 Å². The molecule has 0 saturated heterocycles. The number of rotatable bonds is 3. The molecule has 0 N–H and O–H groups in total. The first-order valence-electron chi connectivity index (χ1n) is 8.38. The maximum absolute atomic E-state index is 12.8. The third-order valence-corrected chi connectivity index (χ3v) is 5.38. The monoisotopic (exact) mass is 390 g/mol. The zero-order chi connectivity index (χ0) is 19.1. The van der Waals surface area contributed by atoms with Crippen molar-refractivity contribution >= 4 is 17.4 Å². The van der Waals surface area contributed by atoms with Crippen LogP contribution in [0.3, 0.4) is 0 Å². The Labute approximate surface area is 157 Å². The summed E-state index contributed by atoms with van der Waals surface area (Å²) in [6, 6.07) is 5.14. The lowest BCUT2D eigenvalue weighted by Gasteiger charge is -2.33. The Morgan fingerprint density at radius 3 is 2.59 bits per heavy atom. The topological polar surface area (TPSA) is 76.8 Å². The number of hydrogen-bond donors (Lipinski definition) is 0. The lowest BCUT2D eigenvalue weighted by atomic mass is 10.1. The van der Waals surface area contributed by atoms with Crippen LogP contribution in [0.1, 0.15) is 47.0 Å². The summed E-state index contributed by atoms with van der Waals surface area (Å²) < 4.78 is 31.5. The van der Waals surface area contributed by atoms with Crippen LogP contribution in [0.15, 0.2) is 24.3 Å². The summed E-state index contributed by atoms with van der Waals surface area (Å²) in [6.45, 7) is 4.68. The van der Waals surface area contributed by atoms with Gasteiger partial charge in [0.25, 0.3) is 12.3 Å². The molecule has 0 unspecified atom stereocenters. The maximum Gasteiger partial charge on any atom is 0.263 e. The van der Waals surface area contributed by atoms with E-state index in [0.29, 0.717) is 41.1 Å². The number of halogens is 2. The lowest BCUT2D eigenvalue weighted by Crippen LogP contribution is -2.41. The molecule has 0 spiro atoms. The van der Waals surface area contributed by atoms with Gasteiger partial charge in [-0.3, -0.25) is 4.79 Å². The molecule has 0 radical (unpaired) electrons. The van der Waals surface area contributed by atoms with E-state index in [9.17, 15) is 13.6 Å². The minimum atomic E-state index is -2.55. The van der Waals surface area contributed by atoms with Crippen molar-refractivity contribution in [2.75, 3.05) is 6.54 Å². The van der Waals surface area contributed by atoms with E-state index in [1.807, 2.05) is 18.4 Å². The van der Waals surface area contributed by atoms with Gasteiger partial charge in [-0.25, -0.2) is 13.8 Å². The van der Waals surface area contributed by atoms with Crippen LogP contribution in [0.25, 0.3) is 10.8 Å². The fourth-order valence-corrected chi connectivity index (χ4v) is 3.81. The number of aromatic nitrogens is 5. The molecule has 4 rings (SSSR count). The molecule has 1 aliphatic rings. The number of hydrogen-bond acceptors (Lipinski definition) is 6. The summed E-state index contributed by atoms with van der Waals surface area (Å²) >= 11 is 1.26. The molecule has 10 heteroatoms. The average Bonchev–Trinajstić information content (AvgIpc) is 3.28. The third kappa shape index (κ3) is 3.09. The van der Waals surface area contributed by atoms with Crippen molar-refractivity contribution < 1.29 is 13.6 Å². The van der Waals surface area contributed by atoms with Gasteiger partial charge in [0.1, 0.15) is 5.82 Å². The highest BCUT2D eigenvalue weighted by Gasteiger charge is 2.32. The van der Waals surface area contributed by atoms with Gasteiger partial charge < -0.3 is 9.47 Å². The molecule has 2 aromatic heterocycles. The molecule has 0 saturated carbocycles. The molecular weight excluding hydrogens is 374 g/mol. The summed E-state index contributed by atoms with van der Waals surface area (Å²) in [5, 5.41) is 9.17. The van der Waals surface area contributed by atoms with Gasteiger partial charge in [-0.15, -0.1) is 10.2 Å². The SMILES string of the molecule is Cc1nsc(-c2nnc3n2CCN(C(=O)c2ccc(C(F)F)cc2)[C@@H]3C)n1. The van der Waals surface area contributed by atoms with Crippen molar-refractivity contribution in [3.8, 4) is 10.8 Å². The molecule has 0 aliphatic carbocycles. The van der Waals surface area contributed by atoms with Gasteiger partial charge in [0, 0.05) is 24.2 Å². The number of carbonyl (C=O) groups is 1. The Kier molecular flexibility index (Phi) is 4.42. The van der Waals surface area contributed by atoms with Crippen molar-refractivity contribution in [3.05, 3.63) is 47.0 Å². The zero-order valence-corrected chi connectivity index (χ0v) is 15.5. The quantitative estimate of drug-likeness (QED) is 0.686. The highest BCUT2D eigenvalue weighted by Crippen LogP contribution is 2.30. The van der Waals surface area contributed by atoms with Crippen LogP contribution in [-0.2, 0) is 6.54 Å². The highest BCUT2D eigenvalue weighted by atomic mass is 32.1.